The molecule has 20 heavy (non-hydrogen) atoms. The van der Waals surface area contributed by atoms with Crippen LogP contribution < -0.4 is 5.32 Å². The van der Waals surface area contributed by atoms with E-state index in [2.05, 4.69) is 21.3 Å². The number of carbonyl (C=O) groups excluding carboxylic acids is 1. The molecule has 1 aromatic rings. The Labute approximate surface area is 119 Å². The van der Waals surface area contributed by atoms with Gasteiger partial charge in [-0.25, -0.2) is 0 Å². The molecule has 0 aromatic carbocycles. The number of carbonyl (C=O) groups is 1. The van der Waals surface area contributed by atoms with Gasteiger partial charge in [-0.2, -0.15) is 0 Å². The van der Waals surface area contributed by atoms with Gasteiger partial charge in [0.05, 0.1) is 0 Å². The predicted octanol–water partition coefficient (Wildman–Crippen LogP) is 1.36. The molecule has 4 nitrogen and oxygen atoms in total. The van der Waals surface area contributed by atoms with Gasteiger partial charge in [0, 0.05) is 37.3 Å². The van der Waals surface area contributed by atoms with Crippen LogP contribution >= 0.6 is 0 Å². The Kier molecular flexibility index (Phi) is 2.81. The minimum absolute atomic E-state index is 0.294. The Morgan fingerprint density at radius 2 is 2.25 bits per heavy atom. The number of nitrogens with zero attached hydrogens (tertiary/aromatic N) is 2. The van der Waals surface area contributed by atoms with E-state index in [1.54, 1.807) is 0 Å². The third-order valence-corrected chi connectivity index (χ3v) is 5.36. The van der Waals surface area contributed by atoms with E-state index in [-0.39, 0.29) is 0 Å². The number of piperidine rings is 1. The predicted molar refractivity (Wildman–Crippen MR) is 76.0 cm³/mol. The zero-order valence-corrected chi connectivity index (χ0v) is 11.8. The van der Waals surface area contributed by atoms with Gasteiger partial charge >= 0.3 is 0 Å². The van der Waals surface area contributed by atoms with Crippen LogP contribution in [0.25, 0.3) is 0 Å². The van der Waals surface area contributed by atoms with Crippen molar-refractivity contribution >= 4 is 5.91 Å². The summed E-state index contributed by atoms with van der Waals surface area (Å²) in [6.07, 6.45) is 6.22. The first kappa shape index (κ1) is 12.3. The molecule has 0 bridgehead atoms. The standard InChI is InChI=1S/C16H21N3O/c20-15(13-10-16(13)4-7-17-8-5-16)19-9-3-14-12(11-19)2-1-6-18-14/h1-2,6,13,17H,3-5,7-11H2. The molecule has 3 heterocycles. The molecular weight excluding hydrogens is 250 g/mol. The first-order chi connectivity index (χ1) is 9.78. The molecule has 1 unspecified atom stereocenters. The van der Waals surface area contributed by atoms with Crippen LogP contribution in [0, 0.1) is 11.3 Å². The highest BCUT2D eigenvalue weighted by Crippen LogP contribution is 2.59. The number of fused-ring (bicyclic) bond motifs is 1. The van der Waals surface area contributed by atoms with E-state index in [4.69, 9.17) is 0 Å². The van der Waals surface area contributed by atoms with Gasteiger partial charge in [-0.15, -0.1) is 0 Å². The van der Waals surface area contributed by atoms with Crippen molar-refractivity contribution in [1.29, 1.82) is 0 Å². The summed E-state index contributed by atoms with van der Waals surface area (Å²) in [6.45, 7) is 3.76. The second kappa shape index (κ2) is 4.55. The molecule has 1 saturated carbocycles. The van der Waals surface area contributed by atoms with Crippen LogP contribution in [0.5, 0.6) is 0 Å². The molecule has 3 aliphatic rings. The lowest BCUT2D eigenvalue weighted by atomic mass is 9.91. The maximum absolute atomic E-state index is 12.7. The third-order valence-electron chi connectivity index (χ3n) is 5.36. The molecule has 1 N–H and O–H groups in total. The van der Waals surface area contributed by atoms with Crippen molar-refractivity contribution < 1.29 is 4.79 Å². The number of rotatable bonds is 1. The van der Waals surface area contributed by atoms with Gasteiger partial charge in [-0.1, -0.05) is 6.07 Å². The highest BCUT2D eigenvalue weighted by Gasteiger charge is 2.58. The first-order valence-electron chi connectivity index (χ1n) is 7.71. The first-order valence-corrected chi connectivity index (χ1v) is 7.71. The van der Waals surface area contributed by atoms with E-state index in [0.29, 0.717) is 17.2 Å². The molecule has 2 aliphatic heterocycles. The molecule has 1 amide bonds. The molecule has 106 valence electrons. The van der Waals surface area contributed by atoms with E-state index in [0.717, 1.165) is 39.0 Å². The lowest BCUT2D eigenvalue weighted by Crippen LogP contribution is -2.39. The summed E-state index contributed by atoms with van der Waals surface area (Å²) in [5, 5.41) is 3.40. The molecule has 4 rings (SSSR count). The number of pyridine rings is 1. The van der Waals surface area contributed by atoms with Crippen molar-refractivity contribution in [3.05, 3.63) is 29.6 Å². The Bertz CT molecular complexity index is 536. The fraction of sp³-hybridized carbons (Fsp3) is 0.625. The van der Waals surface area contributed by atoms with Crippen molar-refractivity contribution in [2.45, 2.75) is 32.2 Å². The summed E-state index contributed by atoms with van der Waals surface area (Å²) in [7, 11) is 0. The van der Waals surface area contributed by atoms with Gasteiger partial charge in [-0.05, 0) is 49.4 Å². The smallest absolute Gasteiger partial charge is 0.226 e. The van der Waals surface area contributed by atoms with Crippen LogP contribution in [0.1, 0.15) is 30.5 Å². The molecule has 2 fully saturated rings. The van der Waals surface area contributed by atoms with Gasteiger partial charge in [0.15, 0.2) is 0 Å². The molecule has 1 spiro atoms. The highest BCUT2D eigenvalue weighted by molar-refractivity contribution is 5.83. The molecule has 1 aliphatic carbocycles. The zero-order chi connectivity index (χ0) is 13.6. The summed E-state index contributed by atoms with van der Waals surface area (Å²) in [6, 6.07) is 4.08. The minimum atomic E-state index is 0.294. The average Bonchev–Trinajstić information content (AvgIpc) is 3.20. The van der Waals surface area contributed by atoms with Crippen LogP contribution in [-0.4, -0.2) is 35.4 Å². The Balaban J connectivity index is 1.46. The minimum Gasteiger partial charge on any atom is -0.338 e. The maximum atomic E-state index is 12.7. The Morgan fingerprint density at radius 3 is 3.10 bits per heavy atom. The summed E-state index contributed by atoms with van der Waals surface area (Å²) >= 11 is 0. The summed E-state index contributed by atoms with van der Waals surface area (Å²) in [5.74, 6) is 0.684. The van der Waals surface area contributed by atoms with Crippen LogP contribution in [0.4, 0.5) is 0 Å². The number of nitrogens with one attached hydrogen (secondary N) is 1. The molecule has 1 saturated heterocycles. The highest BCUT2D eigenvalue weighted by atomic mass is 16.2. The van der Waals surface area contributed by atoms with E-state index in [1.807, 2.05) is 12.3 Å². The molecule has 1 atom stereocenters. The molecular formula is C16H21N3O. The fourth-order valence-corrected chi connectivity index (χ4v) is 3.95. The normalized spacial score (nSPS) is 27.2. The van der Waals surface area contributed by atoms with Gasteiger partial charge in [0.2, 0.25) is 5.91 Å². The van der Waals surface area contributed by atoms with Crippen molar-refractivity contribution in [2.24, 2.45) is 11.3 Å². The van der Waals surface area contributed by atoms with Gasteiger partial charge in [0.25, 0.3) is 0 Å². The van der Waals surface area contributed by atoms with Gasteiger partial charge in [-0.3, -0.25) is 9.78 Å². The van der Waals surface area contributed by atoms with Crippen molar-refractivity contribution in [2.75, 3.05) is 19.6 Å². The zero-order valence-electron chi connectivity index (χ0n) is 11.8. The van der Waals surface area contributed by atoms with Crippen molar-refractivity contribution in [1.82, 2.24) is 15.2 Å². The van der Waals surface area contributed by atoms with Gasteiger partial charge < -0.3 is 10.2 Å². The number of aromatic nitrogens is 1. The molecule has 4 heteroatoms. The van der Waals surface area contributed by atoms with Gasteiger partial charge in [0.1, 0.15) is 0 Å². The Morgan fingerprint density at radius 1 is 1.40 bits per heavy atom. The van der Waals surface area contributed by atoms with Crippen LogP contribution in [-0.2, 0) is 17.8 Å². The SMILES string of the molecule is O=C(C1CC12CCNCC2)N1CCc2ncccc2C1. The number of hydrogen-bond acceptors (Lipinski definition) is 3. The summed E-state index contributed by atoms with van der Waals surface area (Å²) < 4.78 is 0. The van der Waals surface area contributed by atoms with E-state index in [9.17, 15) is 4.79 Å². The fourth-order valence-electron chi connectivity index (χ4n) is 3.95. The summed E-state index contributed by atoms with van der Waals surface area (Å²) in [4.78, 5) is 19.2. The topological polar surface area (TPSA) is 45.2 Å². The monoisotopic (exact) mass is 271 g/mol. The van der Waals surface area contributed by atoms with E-state index >= 15 is 0 Å². The lowest BCUT2D eigenvalue weighted by Gasteiger charge is -2.30. The maximum Gasteiger partial charge on any atom is 0.226 e. The number of amides is 1. The number of hydrogen-bond donors (Lipinski definition) is 1. The Hall–Kier alpha value is -1.42. The molecule has 1 aromatic heterocycles. The van der Waals surface area contributed by atoms with Crippen molar-refractivity contribution in [3.63, 3.8) is 0 Å². The summed E-state index contributed by atoms with van der Waals surface area (Å²) in [5.41, 5.74) is 2.74. The van der Waals surface area contributed by atoms with Crippen LogP contribution in [0.15, 0.2) is 18.3 Å². The van der Waals surface area contributed by atoms with Crippen molar-refractivity contribution in [3.8, 4) is 0 Å². The molecule has 0 radical (unpaired) electrons. The van der Waals surface area contributed by atoms with Crippen LogP contribution in [0.2, 0.25) is 0 Å². The average molecular weight is 271 g/mol. The quantitative estimate of drug-likeness (QED) is 0.839. The second-order valence-electron chi connectivity index (χ2n) is 6.49. The third kappa shape index (κ3) is 1.94. The van der Waals surface area contributed by atoms with Crippen LogP contribution in [0.3, 0.4) is 0 Å². The second-order valence-corrected chi connectivity index (χ2v) is 6.49. The largest absolute Gasteiger partial charge is 0.338 e. The van der Waals surface area contributed by atoms with E-state index in [1.165, 1.54) is 24.1 Å². The lowest BCUT2D eigenvalue weighted by molar-refractivity contribution is -0.134. The van der Waals surface area contributed by atoms with E-state index < -0.39 is 0 Å².